The Bertz CT molecular complexity index is 373. The Labute approximate surface area is 82.2 Å². The maximum atomic E-state index is 9.94. The van der Waals surface area contributed by atoms with Crippen molar-refractivity contribution >= 4 is 6.08 Å². The van der Waals surface area contributed by atoms with Gasteiger partial charge in [-0.15, -0.1) is 0 Å². The van der Waals surface area contributed by atoms with Crippen LogP contribution in [0.2, 0.25) is 0 Å². The maximum Gasteiger partial charge on any atom is 0.149 e. The Kier molecular flexibility index (Phi) is 2.15. The Morgan fingerprint density at radius 1 is 1.36 bits per heavy atom. The lowest BCUT2D eigenvalue weighted by Gasteiger charge is -2.32. The highest BCUT2D eigenvalue weighted by Gasteiger charge is 2.36. The predicted octanol–water partition coefficient (Wildman–Crippen LogP) is 2.00. The first-order valence-electron chi connectivity index (χ1n) is 4.46. The van der Waals surface area contributed by atoms with Gasteiger partial charge in [-0.05, 0) is 24.1 Å². The summed E-state index contributed by atoms with van der Waals surface area (Å²) < 4.78 is 0. The van der Waals surface area contributed by atoms with Crippen LogP contribution >= 0.6 is 0 Å². The molecule has 0 spiro atoms. The number of benzene rings is 1. The van der Waals surface area contributed by atoms with Gasteiger partial charge in [-0.25, -0.2) is 4.89 Å². The molecule has 2 rings (SSSR count). The van der Waals surface area contributed by atoms with Crippen molar-refractivity contribution in [3.63, 3.8) is 0 Å². The van der Waals surface area contributed by atoms with E-state index in [0.29, 0.717) is 0 Å². The van der Waals surface area contributed by atoms with E-state index >= 15 is 0 Å². The molecule has 74 valence electrons. The number of hydrogen-bond acceptors (Lipinski definition) is 3. The van der Waals surface area contributed by atoms with Crippen LogP contribution in [0.3, 0.4) is 0 Å². The van der Waals surface area contributed by atoms with E-state index in [1.54, 1.807) is 13.0 Å². The molecule has 0 radical (unpaired) electrons. The van der Waals surface area contributed by atoms with Crippen molar-refractivity contribution in [2.45, 2.75) is 18.6 Å². The molecule has 1 aliphatic rings. The molecule has 0 heterocycles. The number of fused-ring (bicyclic) bond motifs is 1. The molecule has 2 atom stereocenters. The molecule has 3 heteroatoms. The van der Waals surface area contributed by atoms with Crippen molar-refractivity contribution in [3.8, 4) is 0 Å². The molecule has 3 nitrogen and oxygen atoms in total. The minimum Gasteiger partial charge on any atom is -0.385 e. The lowest BCUT2D eigenvalue weighted by atomic mass is 9.85. The average molecular weight is 192 g/mol. The van der Waals surface area contributed by atoms with Crippen LogP contribution in [0.25, 0.3) is 6.08 Å². The van der Waals surface area contributed by atoms with E-state index in [1.807, 2.05) is 30.3 Å². The Morgan fingerprint density at radius 2 is 2.07 bits per heavy atom. The summed E-state index contributed by atoms with van der Waals surface area (Å²) in [5.74, 6) is 0. The fourth-order valence-corrected chi connectivity index (χ4v) is 1.65. The van der Waals surface area contributed by atoms with E-state index in [9.17, 15) is 5.11 Å². The highest BCUT2D eigenvalue weighted by Crippen LogP contribution is 2.36. The van der Waals surface area contributed by atoms with Crippen LogP contribution in [0.15, 0.2) is 30.3 Å². The summed E-state index contributed by atoms with van der Waals surface area (Å²) in [6.45, 7) is 1.63. The van der Waals surface area contributed by atoms with Gasteiger partial charge in [0.2, 0.25) is 0 Å². The van der Waals surface area contributed by atoms with Crippen LogP contribution < -0.4 is 0 Å². The summed E-state index contributed by atoms with van der Waals surface area (Å²) >= 11 is 0. The molecule has 1 aromatic carbocycles. The molecule has 0 aromatic heterocycles. The molecular weight excluding hydrogens is 180 g/mol. The summed E-state index contributed by atoms with van der Waals surface area (Å²) in [7, 11) is 0. The summed E-state index contributed by atoms with van der Waals surface area (Å²) in [6, 6.07) is 7.48. The van der Waals surface area contributed by atoms with Crippen LogP contribution in [-0.4, -0.2) is 16.0 Å². The van der Waals surface area contributed by atoms with Crippen molar-refractivity contribution in [2.24, 2.45) is 0 Å². The highest BCUT2D eigenvalue weighted by atomic mass is 17.1. The summed E-state index contributed by atoms with van der Waals surface area (Å²) in [6.07, 6.45) is 2.65. The monoisotopic (exact) mass is 192 g/mol. The second kappa shape index (κ2) is 3.20. The van der Waals surface area contributed by atoms with Gasteiger partial charge in [0.1, 0.15) is 11.7 Å². The highest BCUT2D eigenvalue weighted by molar-refractivity contribution is 5.59. The topological polar surface area (TPSA) is 49.7 Å². The molecule has 0 saturated heterocycles. The van der Waals surface area contributed by atoms with E-state index in [-0.39, 0.29) is 0 Å². The van der Waals surface area contributed by atoms with Gasteiger partial charge in [0.05, 0.1) is 0 Å². The zero-order valence-corrected chi connectivity index (χ0v) is 7.84. The minimum absolute atomic E-state index is 0.770. The molecule has 2 unspecified atom stereocenters. The number of aliphatic hydroxyl groups is 1. The Morgan fingerprint density at radius 3 is 2.79 bits per heavy atom. The van der Waals surface area contributed by atoms with Crippen LogP contribution in [-0.2, 0) is 4.89 Å². The van der Waals surface area contributed by atoms with Gasteiger partial charge in [0.25, 0.3) is 0 Å². The first-order chi connectivity index (χ1) is 6.67. The van der Waals surface area contributed by atoms with Crippen LogP contribution in [0.4, 0.5) is 0 Å². The molecule has 0 saturated carbocycles. The molecule has 2 N–H and O–H groups in total. The van der Waals surface area contributed by atoms with Crippen molar-refractivity contribution < 1.29 is 15.3 Å². The quantitative estimate of drug-likeness (QED) is 0.528. The van der Waals surface area contributed by atoms with E-state index < -0.39 is 11.7 Å². The molecule has 14 heavy (non-hydrogen) atoms. The van der Waals surface area contributed by atoms with E-state index in [4.69, 9.17) is 5.26 Å². The minimum atomic E-state index is -1.05. The molecular formula is C11H12O3. The SMILES string of the molecule is CC1(OO)C=Cc2ccccc2C1O. The lowest BCUT2D eigenvalue weighted by molar-refractivity contribution is -0.324. The van der Waals surface area contributed by atoms with Crippen molar-refractivity contribution in [1.82, 2.24) is 0 Å². The second-order valence-corrected chi connectivity index (χ2v) is 3.64. The van der Waals surface area contributed by atoms with E-state index in [1.165, 1.54) is 0 Å². The number of hydrogen-bond donors (Lipinski definition) is 2. The summed E-state index contributed by atoms with van der Waals surface area (Å²) in [4.78, 5) is 4.31. The standard InChI is InChI=1S/C11H12O3/c1-11(14-13)7-6-8-4-2-3-5-9(8)10(11)12/h2-7,10,12-13H,1H3. The largest absolute Gasteiger partial charge is 0.385 e. The van der Waals surface area contributed by atoms with Crippen molar-refractivity contribution in [1.29, 1.82) is 0 Å². The molecule has 0 fully saturated rings. The number of rotatable bonds is 1. The zero-order valence-electron chi connectivity index (χ0n) is 7.84. The smallest absolute Gasteiger partial charge is 0.149 e. The lowest BCUT2D eigenvalue weighted by Crippen LogP contribution is -2.35. The fourth-order valence-electron chi connectivity index (χ4n) is 1.65. The molecule has 1 aliphatic carbocycles. The Hall–Kier alpha value is -1.16. The van der Waals surface area contributed by atoms with Gasteiger partial charge in [0.15, 0.2) is 0 Å². The van der Waals surface area contributed by atoms with Crippen LogP contribution in [0.5, 0.6) is 0 Å². The van der Waals surface area contributed by atoms with Gasteiger partial charge in [-0.1, -0.05) is 30.3 Å². The van der Waals surface area contributed by atoms with E-state index in [0.717, 1.165) is 11.1 Å². The van der Waals surface area contributed by atoms with Gasteiger partial charge in [0, 0.05) is 0 Å². The number of aliphatic hydroxyl groups excluding tert-OH is 1. The van der Waals surface area contributed by atoms with Gasteiger partial charge >= 0.3 is 0 Å². The van der Waals surface area contributed by atoms with Crippen LogP contribution in [0, 0.1) is 0 Å². The fraction of sp³-hybridized carbons (Fsp3) is 0.273. The maximum absolute atomic E-state index is 9.94. The van der Waals surface area contributed by atoms with Gasteiger partial charge in [-0.3, -0.25) is 5.26 Å². The third-order valence-electron chi connectivity index (χ3n) is 2.62. The molecule has 0 amide bonds. The van der Waals surface area contributed by atoms with E-state index in [2.05, 4.69) is 4.89 Å². The normalized spacial score (nSPS) is 30.1. The van der Waals surface area contributed by atoms with Gasteiger partial charge in [-0.2, -0.15) is 0 Å². The van der Waals surface area contributed by atoms with Crippen molar-refractivity contribution in [3.05, 3.63) is 41.5 Å². The second-order valence-electron chi connectivity index (χ2n) is 3.64. The molecule has 0 aliphatic heterocycles. The molecule has 1 aromatic rings. The average Bonchev–Trinajstić information content (AvgIpc) is 2.24. The van der Waals surface area contributed by atoms with Crippen molar-refractivity contribution in [2.75, 3.05) is 0 Å². The third kappa shape index (κ3) is 1.26. The third-order valence-corrected chi connectivity index (χ3v) is 2.62. The first kappa shape index (κ1) is 9.40. The van der Waals surface area contributed by atoms with Crippen LogP contribution in [0.1, 0.15) is 24.2 Å². The summed E-state index contributed by atoms with van der Waals surface area (Å²) in [5, 5.41) is 18.7. The zero-order chi connectivity index (χ0) is 10.2. The first-order valence-corrected chi connectivity index (χ1v) is 4.46. The summed E-state index contributed by atoms with van der Waals surface area (Å²) in [5.41, 5.74) is 0.676. The molecule has 0 bridgehead atoms. The predicted molar refractivity (Wildman–Crippen MR) is 52.6 cm³/mol. The Balaban J connectivity index is 2.50. The van der Waals surface area contributed by atoms with Gasteiger partial charge < -0.3 is 5.11 Å².